The number of anilines is 1. The van der Waals surface area contributed by atoms with Crippen LogP contribution in [0.1, 0.15) is 48.8 Å². The van der Waals surface area contributed by atoms with Gasteiger partial charge in [0.25, 0.3) is 5.56 Å². The molecule has 2 N–H and O–H groups in total. The first-order chi connectivity index (χ1) is 14.9. The van der Waals surface area contributed by atoms with Crippen LogP contribution >= 0.6 is 12.2 Å². The van der Waals surface area contributed by atoms with Crippen LogP contribution in [0.4, 0.5) is 10.1 Å². The van der Waals surface area contributed by atoms with Crippen LogP contribution in [0.15, 0.2) is 47.3 Å². The first-order valence-corrected chi connectivity index (χ1v) is 11.3. The number of hydrogen-bond donors (Lipinski definition) is 2. The number of nitrogens with zero attached hydrogens (tertiary/aromatic N) is 1. The van der Waals surface area contributed by atoms with Crippen LogP contribution in [0.2, 0.25) is 0 Å². The van der Waals surface area contributed by atoms with Gasteiger partial charge in [-0.25, -0.2) is 4.39 Å². The normalized spacial score (nSPS) is 14.5. The lowest BCUT2D eigenvalue weighted by Crippen LogP contribution is -2.44. The smallest absolute Gasteiger partial charge is 0.253 e. The summed E-state index contributed by atoms with van der Waals surface area (Å²) in [6, 6.07) is 12.6. The largest absolute Gasteiger partial charge is 0.342 e. The van der Waals surface area contributed by atoms with E-state index in [1.165, 1.54) is 18.6 Å². The summed E-state index contributed by atoms with van der Waals surface area (Å²) in [7, 11) is 0. The van der Waals surface area contributed by atoms with Crippen molar-refractivity contribution in [3.05, 3.63) is 75.3 Å². The van der Waals surface area contributed by atoms with Crippen molar-refractivity contribution in [1.29, 1.82) is 0 Å². The molecule has 6 heteroatoms. The van der Waals surface area contributed by atoms with Gasteiger partial charge in [0, 0.05) is 28.2 Å². The number of aryl methyl sites for hydroxylation is 2. The Labute approximate surface area is 187 Å². The summed E-state index contributed by atoms with van der Waals surface area (Å²) in [5.41, 5.74) is 4.50. The zero-order chi connectivity index (χ0) is 22.0. The average molecular weight is 438 g/mol. The van der Waals surface area contributed by atoms with Crippen LogP contribution in [0.3, 0.4) is 0 Å². The minimum absolute atomic E-state index is 0.0807. The van der Waals surface area contributed by atoms with Gasteiger partial charge in [0.2, 0.25) is 0 Å². The molecular formula is C25H28FN3OS. The van der Waals surface area contributed by atoms with E-state index in [9.17, 15) is 9.18 Å². The third-order valence-electron chi connectivity index (χ3n) is 6.10. The Hall–Kier alpha value is -2.73. The summed E-state index contributed by atoms with van der Waals surface area (Å²) in [5.74, 6) is -0.283. The van der Waals surface area contributed by atoms with Gasteiger partial charge in [0.15, 0.2) is 5.11 Å². The second-order valence-corrected chi connectivity index (χ2v) is 8.91. The lowest BCUT2D eigenvalue weighted by atomic mass is 9.94. The van der Waals surface area contributed by atoms with Gasteiger partial charge in [-0.2, -0.15) is 0 Å². The van der Waals surface area contributed by atoms with E-state index in [2.05, 4.69) is 28.2 Å². The van der Waals surface area contributed by atoms with Crippen LogP contribution in [-0.2, 0) is 6.54 Å². The summed E-state index contributed by atoms with van der Waals surface area (Å²) in [6.45, 7) is 4.54. The number of benzene rings is 2. The Morgan fingerprint density at radius 2 is 1.84 bits per heavy atom. The van der Waals surface area contributed by atoms with Crippen molar-refractivity contribution < 1.29 is 4.39 Å². The molecule has 162 valence electrons. The predicted molar refractivity (Wildman–Crippen MR) is 129 cm³/mol. The molecule has 0 saturated heterocycles. The molecule has 0 atom stereocenters. The molecule has 0 unspecified atom stereocenters. The van der Waals surface area contributed by atoms with Gasteiger partial charge in [-0.15, -0.1) is 0 Å². The zero-order valence-electron chi connectivity index (χ0n) is 18.0. The molecule has 0 spiro atoms. The highest BCUT2D eigenvalue weighted by atomic mass is 32.1. The molecule has 0 amide bonds. The standard InChI is InChI=1S/C25H28FN3OS/c1-16-12-17(2)22-14-18(24(30)28-23(22)13-16)15-29(21-6-4-3-5-7-21)25(31)27-20-10-8-19(26)9-11-20/h8-14,21H,3-7,15H2,1-2H3,(H,27,31)(H,28,30). The molecule has 3 aromatic rings. The van der Waals surface area contributed by atoms with Crippen LogP contribution in [-0.4, -0.2) is 21.0 Å². The molecule has 4 rings (SSSR count). The first kappa shape index (κ1) is 21.5. The number of rotatable bonds is 4. The van der Waals surface area contributed by atoms with Crippen molar-refractivity contribution in [2.45, 2.75) is 58.5 Å². The quantitative estimate of drug-likeness (QED) is 0.505. The topological polar surface area (TPSA) is 48.1 Å². The fourth-order valence-electron chi connectivity index (χ4n) is 4.51. The van der Waals surface area contributed by atoms with Gasteiger partial charge in [0.1, 0.15) is 5.82 Å². The summed E-state index contributed by atoms with van der Waals surface area (Å²) < 4.78 is 13.3. The van der Waals surface area contributed by atoms with Crippen molar-refractivity contribution >= 4 is 33.9 Å². The lowest BCUT2D eigenvalue weighted by molar-refractivity contribution is 0.240. The first-order valence-electron chi connectivity index (χ1n) is 10.9. The van der Waals surface area contributed by atoms with Crippen LogP contribution in [0, 0.1) is 19.7 Å². The van der Waals surface area contributed by atoms with Gasteiger partial charge < -0.3 is 15.2 Å². The van der Waals surface area contributed by atoms with Gasteiger partial charge in [-0.05, 0) is 86.4 Å². The van der Waals surface area contributed by atoms with E-state index in [4.69, 9.17) is 12.2 Å². The van der Waals surface area contributed by atoms with Crippen molar-refractivity contribution in [3.63, 3.8) is 0 Å². The van der Waals surface area contributed by atoms with E-state index in [-0.39, 0.29) is 17.4 Å². The third kappa shape index (κ3) is 4.96. The number of halogens is 1. The molecular weight excluding hydrogens is 409 g/mol. The van der Waals surface area contributed by atoms with Gasteiger partial charge in [0.05, 0.1) is 6.54 Å². The maximum atomic E-state index is 13.3. The second kappa shape index (κ2) is 9.18. The van der Waals surface area contributed by atoms with Gasteiger partial charge in [-0.3, -0.25) is 4.79 Å². The highest BCUT2D eigenvalue weighted by Crippen LogP contribution is 2.26. The SMILES string of the molecule is Cc1cc(C)c2cc(CN(C(=S)Nc3ccc(F)cc3)C3CCCCC3)c(=O)[nH]c2c1. The Morgan fingerprint density at radius 1 is 1.13 bits per heavy atom. The molecule has 1 saturated carbocycles. The Bertz CT molecular complexity index is 1150. The molecule has 1 aromatic heterocycles. The molecule has 4 nitrogen and oxygen atoms in total. The Morgan fingerprint density at radius 3 is 2.55 bits per heavy atom. The minimum Gasteiger partial charge on any atom is -0.342 e. The maximum Gasteiger partial charge on any atom is 0.253 e. The molecule has 0 radical (unpaired) electrons. The number of aromatic amines is 1. The lowest BCUT2D eigenvalue weighted by Gasteiger charge is -2.36. The molecule has 0 bridgehead atoms. The summed E-state index contributed by atoms with van der Waals surface area (Å²) >= 11 is 5.76. The molecule has 0 aliphatic heterocycles. The number of fused-ring (bicyclic) bond motifs is 1. The summed E-state index contributed by atoms with van der Waals surface area (Å²) in [6.07, 6.45) is 5.65. The number of nitrogens with one attached hydrogen (secondary N) is 2. The van der Waals surface area contributed by atoms with Crippen LogP contribution in [0.5, 0.6) is 0 Å². The Balaban J connectivity index is 1.65. The molecule has 31 heavy (non-hydrogen) atoms. The van der Waals surface area contributed by atoms with Crippen molar-refractivity contribution in [2.75, 3.05) is 5.32 Å². The Kier molecular flexibility index (Phi) is 6.37. The fraction of sp³-hybridized carbons (Fsp3) is 0.360. The van der Waals surface area contributed by atoms with Gasteiger partial charge in [-0.1, -0.05) is 25.3 Å². The van der Waals surface area contributed by atoms with Crippen molar-refractivity contribution in [3.8, 4) is 0 Å². The zero-order valence-corrected chi connectivity index (χ0v) is 18.8. The van der Waals surface area contributed by atoms with Crippen molar-refractivity contribution in [1.82, 2.24) is 9.88 Å². The maximum absolute atomic E-state index is 13.3. The van der Waals surface area contributed by atoms with Gasteiger partial charge >= 0.3 is 0 Å². The highest BCUT2D eigenvalue weighted by Gasteiger charge is 2.24. The number of H-pyrrole nitrogens is 1. The molecule has 1 heterocycles. The third-order valence-corrected chi connectivity index (χ3v) is 6.44. The number of pyridine rings is 1. The molecule has 1 aliphatic carbocycles. The number of thiocarbonyl (C=S) groups is 1. The van der Waals surface area contributed by atoms with E-state index < -0.39 is 0 Å². The van der Waals surface area contributed by atoms with Crippen LogP contribution in [0.25, 0.3) is 10.9 Å². The van der Waals surface area contributed by atoms with E-state index in [0.717, 1.165) is 53.4 Å². The molecule has 1 aliphatic rings. The van der Waals surface area contributed by atoms with E-state index in [1.54, 1.807) is 12.1 Å². The predicted octanol–water partition coefficient (Wildman–Crippen LogP) is 5.82. The van der Waals surface area contributed by atoms with E-state index >= 15 is 0 Å². The summed E-state index contributed by atoms with van der Waals surface area (Å²) in [4.78, 5) is 18.1. The average Bonchev–Trinajstić information content (AvgIpc) is 2.74. The van der Waals surface area contributed by atoms with Crippen LogP contribution < -0.4 is 10.9 Å². The molecule has 1 fully saturated rings. The fourth-order valence-corrected chi connectivity index (χ4v) is 4.84. The number of hydrogen-bond acceptors (Lipinski definition) is 2. The second-order valence-electron chi connectivity index (χ2n) is 8.52. The highest BCUT2D eigenvalue weighted by molar-refractivity contribution is 7.80. The van der Waals surface area contributed by atoms with E-state index in [0.29, 0.717) is 17.2 Å². The van der Waals surface area contributed by atoms with E-state index in [1.807, 2.05) is 19.1 Å². The molecule has 2 aromatic carbocycles. The minimum atomic E-state index is -0.283. The van der Waals surface area contributed by atoms with Crippen molar-refractivity contribution in [2.24, 2.45) is 0 Å². The number of aromatic nitrogens is 1. The monoisotopic (exact) mass is 437 g/mol. The summed E-state index contributed by atoms with van der Waals surface area (Å²) in [5, 5.41) is 4.87.